The van der Waals surface area contributed by atoms with E-state index in [-0.39, 0.29) is 16.3 Å². The first kappa shape index (κ1) is 16.4. The van der Waals surface area contributed by atoms with E-state index in [0.717, 1.165) is 6.42 Å². The molecule has 1 N–H and O–H groups in total. The third-order valence-electron chi connectivity index (χ3n) is 3.78. The SMILES string of the molecule is CCCc1cc(C(=O)O)nc2c(-c3c(F)cccc3Cl)c(C)nn12. The Morgan fingerprint density at radius 2 is 2.12 bits per heavy atom. The van der Waals surface area contributed by atoms with Crippen LogP contribution in [0.4, 0.5) is 4.39 Å². The molecule has 24 heavy (non-hydrogen) atoms. The van der Waals surface area contributed by atoms with Crippen LogP contribution in [-0.4, -0.2) is 25.7 Å². The van der Waals surface area contributed by atoms with E-state index in [9.17, 15) is 14.3 Å². The Morgan fingerprint density at radius 1 is 1.38 bits per heavy atom. The zero-order chi connectivity index (χ0) is 17.4. The molecule has 0 aliphatic carbocycles. The number of carbonyl (C=O) groups is 1. The highest BCUT2D eigenvalue weighted by Crippen LogP contribution is 2.35. The predicted molar refractivity (Wildman–Crippen MR) is 89.1 cm³/mol. The third-order valence-corrected chi connectivity index (χ3v) is 4.09. The quantitative estimate of drug-likeness (QED) is 0.770. The minimum atomic E-state index is -1.14. The second kappa shape index (κ2) is 6.20. The highest BCUT2D eigenvalue weighted by Gasteiger charge is 2.22. The van der Waals surface area contributed by atoms with E-state index >= 15 is 0 Å². The van der Waals surface area contributed by atoms with Gasteiger partial charge in [-0.3, -0.25) is 0 Å². The summed E-state index contributed by atoms with van der Waals surface area (Å²) in [6, 6.07) is 5.90. The van der Waals surface area contributed by atoms with Crippen molar-refractivity contribution < 1.29 is 14.3 Å². The molecule has 2 heterocycles. The molecule has 0 amide bonds. The Bertz CT molecular complexity index is 932. The number of aromatic nitrogens is 3. The van der Waals surface area contributed by atoms with Crippen LogP contribution >= 0.6 is 11.6 Å². The Hall–Kier alpha value is -2.47. The van der Waals surface area contributed by atoms with Crippen molar-refractivity contribution in [3.63, 3.8) is 0 Å². The number of benzene rings is 1. The summed E-state index contributed by atoms with van der Waals surface area (Å²) in [5.74, 6) is -1.64. The second-order valence-electron chi connectivity index (χ2n) is 5.48. The van der Waals surface area contributed by atoms with Crippen LogP contribution in [0.25, 0.3) is 16.8 Å². The zero-order valence-electron chi connectivity index (χ0n) is 13.2. The molecule has 3 aromatic rings. The highest BCUT2D eigenvalue weighted by molar-refractivity contribution is 6.33. The summed E-state index contributed by atoms with van der Waals surface area (Å²) in [6.07, 6.45) is 1.44. The van der Waals surface area contributed by atoms with E-state index in [2.05, 4.69) is 10.1 Å². The fraction of sp³-hybridized carbons (Fsp3) is 0.235. The molecule has 3 rings (SSSR count). The van der Waals surface area contributed by atoms with Crippen LogP contribution in [0.1, 0.15) is 35.2 Å². The molecule has 0 aliphatic heterocycles. The molecule has 0 unspecified atom stereocenters. The molecular weight excluding hydrogens is 333 g/mol. The standard InChI is InChI=1S/C17H15ClFN3O2/c1-3-5-10-8-13(17(23)24)20-16-14(9(2)21-22(10)16)15-11(18)6-4-7-12(15)19/h4,6-8H,3,5H2,1-2H3,(H,23,24). The third kappa shape index (κ3) is 2.63. The van der Waals surface area contributed by atoms with Crippen molar-refractivity contribution in [2.24, 2.45) is 0 Å². The molecule has 0 atom stereocenters. The van der Waals surface area contributed by atoms with Gasteiger partial charge in [0.05, 0.1) is 16.3 Å². The largest absolute Gasteiger partial charge is 0.477 e. The lowest BCUT2D eigenvalue weighted by Gasteiger charge is -2.07. The molecule has 0 spiro atoms. The number of fused-ring (bicyclic) bond motifs is 1. The van der Waals surface area contributed by atoms with Crippen LogP contribution in [-0.2, 0) is 6.42 Å². The minimum absolute atomic E-state index is 0.0976. The molecule has 0 fully saturated rings. The van der Waals surface area contributed by atoms with Gasteiger partial charge in [0.25, 0.3) is 0 Å². The number of carboxylic acids is 1. The first-order chi connectivity index (χ1) is 11.4. The van der Waals surface area contributed by atoms with Crippen LogP contribution < -0.4 is 0 Å². The van der Waals surface area contributed by atoms with Crippen LogP contribution in [0, 0.1) is 12.7 Å². The van der Waals surface area contributed by atoms with E-state index in [0.29, 0.717) is 29.0 Å². The van der Waals surface area contributed by atoms with Crippen LogP contribution in [0.15, 0.2) is 24.3 Å². The Kier molecular flexibility index (Phi) is 4.24. The summed E-state index contributed by atoms with van der Waals surface area (Å²) in [6.45, 7) is 3.71. The van der Waals surface area contributed by atoms with E-state index in [1.54, 1.807) is 17.5 Å². The maximum Gasteiger partial charge on any atom is 0.354 e. The number of carboxylic acid groups (broad SMARTS) is 1. The number of aryl methyl sites for hydroxylation is 2. The summed E-state index contributed by atoms with van der Waals surface area (Å²) >= 11 is 6.18. The van der Waals surface area contributed by atoms with Gasteiger partial charge in [-0.1, -0.05) is 31.0 Å². The molecule has 7 heteroatoms. The van der Waals surface area contributed by atoms with E-state index in [1.165, 1.54) is 18.2 Å². The van der Waals surface area contributed by atoms with Crippen molar-refractivity contribution in [3.8, 4) is 11.1 Å². The van der Waals surface area contributed by atoms with Crippen molar-refractivity contribution in [1.29, 1.82) is 0 Å². The molecule has 124 valence electrons. The zero-order valence-corrected chi connectivity index (χ0v) is 13.9. The lowest BCUT2D eigenvalue weighted by molar-refractivity contribution is 0.0690. The number of hydrogen-bond acceptors (Lipinski definition) is 3. The Morgan fingerprint density at radius 3 is 2.75 bits per heavy atom. The molecular formula is C17H15ClFN3O2. The van der Waals surface area contributed by atoms with Crippen molar-refractivity contribution >= 4 is 23.2 Å². The van der Waals surface area contributed by atoms with Gasteiger partial charge in [-0.15, -0.1) is 0 Å². The first-order valence-corrected chi connectivity index (χ1v) is 7.88. The Labute approximate surface area is 142 Å². The lowest BCUT2D eigenvalue weighted by Crippen LogP contribution is -2.08. The van der Waals surface area contributed by atoms with Gasteiger partial charge in [0.15, 0.2) is 11.3 Å². The summed E-state index contributed by atoms with van der Waals surface area (Å²) < 4.78 is 15.9. The number of halogens is 2. The maximum absolute atomic E-state index is 14.4. The van der Waals surface area contributed by atoms with E-state index in [1.807, 2.05) is 6.92 Å². The number of hydrogen-bond donors (Lipinski definition) is 1. The van der Waals surface area contributed by atoms with Gasteiger partial charge >= 0.3 is 5.97 Å². The number of aromatic carboxylic acids is 1. The molecule has 0 saturated heterocycles. The van der Waals surface area contributed by atoms with Crippen molar-refractivity contribution in [3.05, 3.63) is 52.2 Å². The minimum Gasteiger partial charge on any atom is -0.477 e. The molecule has 5 nitrogen and oxygen atoms in total. The summed E-state index contributed by atoms with van der Waals surface area (Å²) in [7, 11) is 0. The summed E-state index contributed by atoms with van der Waals surface area (Å²) in [5, 5.41) is 14.0. The number of nitrogens with zero attached hydrogens (tertiary/aromatic N) is 3. The van der Waals surface area contributed by atoms with E-state index < -0.39 is 11.8 Å². The van der Waals surface area contributed by atoms with Gasteiger partial charge in [0.1, 0.15) is 5.82 Å². The van der Waals surface area contributed by atoms with Gasteiger partial charge in [-0.2, -0.15) is 5.10 Å². The average Bonchev–Trinajstić information content (AvgIpc) is 2.84. The molecule has 0 saturated carbocycles. The first-order valence-electron chi connectivity index (χ1n) is 7.51. The van der Waals surface area contributed by atoms with Gasteiger partial charge in [0, 0.05) is 11.3 Å². The Balaban J connectivity index is 2.41. The summed E-state index contributed by atoms with van der Waals surface area (Å²) in [5.41, 5.74) is 2.04. The molecule has 1 aromatic carbocycles. The van der Waals surface area contributed by atoms with E-state index in [4.69, 9.17) is 11.6 Å². The fourth-order valence-electron chi connectivity index (χ4n) is 2.76. The van der Waals surface area contributed by atoms with Crippen molar-refractivity contribution in [2.75, 3.05) is 0 Å². The number of rotatable bonds is 4. The van der Waals surface area contributed by atoms with Crippen LogP contribution in [0.2, 0.25) is 5.02 Å². The fourth-order valence-corrected chi connectivity index (χ4v) is 3.01. The lowest BCUT2D eigenvalue weighted by atomic mass is 10.1. The van der Waals surface area contributed by atoms with Gasteiger partial charge in [-0.25, -0.2) is 18.7 Å². The molecule has 2 aromatic heterocycles. The monoisotopic (exact) mass is 347 g/mol. The molecule has 0 aliphatic rings. The maximum atomic E-state index is 14.4. The summed E-state index contributed by atoms with van der Waals surface area (Å²) in [4.78, 5) is 15.6. The van der Waals surface area contributed by atoms with Gasteiger partial charge in [-0.05, 0) is 31.5 Å². The molecule has 0 radical (unpaired) electrons. The van der Waals surface area contributed by atoms with Gasteiger partial charge in [0.2, 0.25) is 0 Å². The van der Waals surface area contributed by atoms with Crippen molar-refractivity contribution in [2.45, 2.75) is 26.7 Å². The topological polar surface area (TPSA) is 67.5 Å². The smallest absolute Gasteiger partial charge is 0.354 e. The normalized spacial score (nSPS) is 11.2. The highest BCUT2D eigenvalue weighted by atomic mass is 35.5. The van der Waals surface area contributed by atoms with Crippen LogP contribution in [0.3, 0.4) is 0 Å². The van der Waals surface area contributed by atoms with Crippen molar-refractivity contribution in [1.82, 2.24) is 14.6 Å². The van der Waals surface area contributed by atoms with Crippen LogP contribution in [0.5, 0.6) is 0 Å². The average molecular weight is 348 g/mol. The second-order valence-corrected chi connectivity index (χ2v) is 5.89. The van der Waals surface area contributed by atoms with Gasteiger partial charge < -0.3 is 5.11 Å². The molecule has 0 bridgehead atoms. The predicted octanol–water partition coefficient (Wildman–Crippen LogP) is 4.15.